The van der Waals surface area contributed by atoms with Crippen molar-refractivity contribution in [2.75, 3.05) is 12.0 Å². The number of rotatable bonds is 6. The van der Waals surface area contributed by atoms with Crippen molar-refractivity contribution in [3.63, 3.8) is 0 Å². The van der Waals surface area contributed by atoms with Crippen LogP contribution in [0.15, 0.2) is 30.3 Å². The van der Waals surface area contributed by atoms with Gasteiger partial charge in [0.1, 0.15) is 6.04 Å². The normalized spacial score (nSPS) is 23.3. The van der Waals surface area contributed by atoms with Crippen molar-refractivity contribution in [1.82, 2.24) is 10.2 Å². The van der Waals surface area contributed by atoms with Crippen LogP contribution in [-0.2, 0) is 4.79 Å². The van der Waals surface area contributed by atoms with Crippen molar-refractivity contribution < 1.29 is 4.79 Å². The fourth-order valence-electron chi connectivity index (χ4n) is 2.94. The van der Waals surface area contributed by atoms with E-state index < -0.39 is 0 Å². The lowest BCUT2D eigenvalue weighted by molar-refractivity contribution is -0.129. The fourth-order valence-corrected chi connectivity index (χ4v) is 3.75. The monoisotopic (exact) mass is 320 g/mol. The molecule has 2 unspecified atom stereocenters. The van der Waals surface area contributed by atoms with Crippen molar-refractivity contribution in [2.24, 2.45) is 5.92 Å². The second-order valence-electron chi connectivity index (χ2n) is 5.68. The maximum atomic E-state index is 12.7. The third-order valence-corrected chi connectivity index (χ3v) is 5.11. The molecule has 1 aliphatic heterocycles. The minimum absolute atomic E-state index is 0.109. The van der Waals surface area contributed by atoms with Crippen LogP contribution in [0.5, 0.6) is 0 Å². The van der Waals surface area contributed by atoms with Crippen molar-refractivity contribution in [3.8, 4) is 0 Å². The quantitative estimate of drug-likeness (QED) is 0.817. The zero-order valence-corrected chi connectivity index (χ0v) is 13.8. The molecule has 0 spiro atoms. The van der Waals surface area contributed by atoms with Gasteiger partial charge in [-0.05, 0) is 55.0 Å². The van der Waals surface area contributed by atoms with Gasteiger partial charge >= 0.3 is 0 Å². The molecule has 0 radical (unpaired) electrons. The summed E-state index contributed by atoms with van der Waals surface area (Å²) in [6.45, 7) is 0. The minimum Gasteiger partial charge on any atom is -0.350 e. The maximum Gasteiger partial charge on any atom is 0.251 e. The van der Waals surface area contributed by atoms with E-state index in [-0.39, 0.29) is 18.0 Å². The first-order valence-electron chi connectivity index (χ1n) is 7.40. The third-order valence-electron chi connectivity index (χ3n) is 4.15. The first-order chi connectivity index (χ1) is 10.2. The highest BCUT2D eigenvalue weighted by Crippen LogP contribution is 2.45. The van der Waals surface area contributed by atoms with Crippen LogP contribution in [0, 0.1) is 5.92 Å². The SMILES string of the molecule is CSCCC1NC(=S)N(C(c2ccccc2)C2CC2)C1=O. The number of amides is 1. The molecule has 1 heterocycles. The largest absolute Gasteiger partial charge is 0.350 e. The first kappa shape index (κ1) is 14.9. The Labute approximate surface area is 135 Å². The molecule has 1 N–H and O–H groups in total. The Kier molecular flexibility index (Phi) is 4.50. The highest BCUT2D eigenvalue weighted by atomic mass is 32.2. The maximum absolute atomic E-state index is 12.7. The molecule has 5 heteroatoms. The molecule has 1 saturated heterocycles. The van der Waals surface area contributed by atoms with Gasteiger partial charge in [0, 0.05) is 0 Å². The summed E-state index contributed by atoms with van der Waals surface area (Å²) < 4.78 is 0. The predicted molar refractivity (Wildman–Crippen MR) is 91.3 cm³/mol. The Balaban J connectivity index is 1.83. The van der Waals surface area contributed by atoms with Crippen molar-refractivity contribution >= 4 is 35.0 Å². The van der Waals surface area contributed by atoms with E-state index in [1.807, 2.05) is 23.1 Å². The zero-order valence-electron chi connectivity index (χ0n) is 12.1. The average molecular weight is 320 g/mol. The number of hydrogen-bond donors (Lipinski definition) is 1. The number of carbonyl (C=O) groups excluding carboxylic acids is 1. The standard InChI is InChI=1S/C16H20N2OS2/c1-21-10-9-13-15(19)18(16(20)17-13)14(12-7-8-12)11-5-3-2-4-6-11/h2-6,12-14H,7-10H2,1H3,(H,17,20). The van der Waals surface area contributed by atoms with Crippen molar-refractivity contribution in [1.29, 1.82) is 0 Å². The molecule has 1 amide bonds. The molecule has 112 valence electrons. The van der Waals surface area contributed by atoms with Crippen LogP contribution < -0.4 is 5.32 Å². The van der Waals surface area contributed by atoms with Crippen LogP contribution in [0.1, 0.15) is 30.9 Å². The second kappa shape index (κ2) is 6.36. The number of nitrogens with one attached hydrogen (secondary N) is 1. The predicted octanol–water partition coefficient (Wildman–Crippen LogP) is 2.98. The van der Waals surface area contributed by atoms with Gasteiger partial charge in [-0.25, -0.2) is 0 Å². The average Bonchev–Trinajstić information content (AvgIpc) is 3.29. The van der Waals surface area contributed by atoms with Gasteiger partial charge in [-0.1, -0.05) is 30.3 Å². The van der Waals surface area contributed by atoms with Gasteiger partial charge in [0.05, 0.1) is 6.04 Å². The van der Waals surface area contributed by atoms with Crippen LogP contribution in [0.4, 0.5) is 0 Å². The minimum atomic E-state index is -0.144. The topological polar surface area (TPSA) is 32.3 Å². The Morgan fingerprint density at radius 1 is 1.38 bits per heavy atom. The third kappa shape index (κ3) is 3.09. The van der Waals surface area contributed by atoms with Gasteiger partial charge in [0.2, 0.25) is 0 Å². The Morgan fingerprint density at radius 3 is 2.71 bits per heavy atom. The summed E-state index contributed by atoms with van der Waals surface area (Å²) in [5, 5.41) is 3.82. The van der Waals surface area contributed by atoms with E-state index in [9.17, 15) is 4.79 Å². The van der Waals surface area contributed by atoms with Crippen LogP contribution in [-0.4, -0.2) is 34.0 Å². The number of thioether (sulfide) groups is 1. The summed E-state index contributed by atoms with van der Waals surface area (Å²) >= 11 is 7.22. The molecule has 2 atom stereocenters. The molecule has 1 aromatic rings. The summed E-state index contributed by atoms with van der Waals surface area (Å²) in [6.07, 6.45) is 5.26. The van der Waals surface area contributed by atoms with Crippen LogP contribution in [0.3, 0.4) is 0 Å². The lowest BCUT2D eigenvalue weighted by atomic mass is 10.0. The molecule has 3 rings (SSSR count). The number of hydrogen-bond acceptors (Lipinski definition) is 3. The van der Waals surface area contributed by atoms with Gasteiger partial charge in [-0.2, -0.15) is 11.8 Å². The van der Waals surface area contributed by atoms with E-state index >= 15 is 0 Å². The van der Waals surface area contributed by atoms with E-state index in [0.717, 1.165) is 12.2 Å². The first-order valence-corrected chi connectivity index (χ1v) is 9.20. The Morgan fingerprint density at radius 2 is 2.10 bits per heavy atom. The van der Waals surface area contributed by atoms with Gasteiger partial charge in [0.25, 0.3) is 5.91 Å². The van der Waals surface area contributed by atoms with E-state index in [4.69, 9.17) is 12.2 Å². The van der Waals surface area contributed by atoms with E-state index in [1.54, 1.807) is 11.8 Å². The van der Waals surface area contributed by atoms with Crippen LogP contribution >= 0.6 is 24.0 Å². The molecule has 2 fully saturated rings. The number of benzene rings is 1. The molecule has 21 heavy (non-hydrogen) atoms. The highest BCUT2D eigenvalue weighted by molar-refractivity contribution is 7.98. The fraction of sp³-hybridized carbons (Fsp3) is 0.500. The highest BCUT2D eigenvalue weighted by Gasteiger charge is 2.45. The summed E-state index contributed by atoms with van der Waals surface area (Å²) in [6, 6.07) is 10.3. The van der Waals surface area contributed by atoms with E-state index in [2.05, 4.69) is 23.7 Å². The molecular weight excluding hydrogens is 300 g/mol. The summed E-state index contributed by atoms with van der Waals surface area (Å²) in [4.78, 5) is 14.6. The molecule has 1 aromatic carbocycles. The zero-order chi connectivity index (χ0) is 14.8. The molecule has 3 nitrogen and oxygen atoms in total. The smallest absolute Gasteiger partial charge is 0.251 e. The molecule has 0 bridgehead atoms. The Bertz CT molecular complexity index is 530. The van der Waals surface area contributed by atoms with Crippen molar-refractivity contribution in [2.45, 2.75) is 31.3 Å². The van der Waals surface area contributed by atoms with Crippen LogP contribution in [0.2, 0.25) is 0 Å². The Hall–Kier alpha value is -1.07. The molecule has 1 aliphatic carbocycles. The van der Waals surface area contributed by atoms with E-state index in [0.29, 0.717) is 11.0 Å². The number of carbonyl (C=O) groups is 1. The molecular formula is C16H20N2OS2. The van der Waals surface area contributed by atoms with Gasteiger partial charge < -0.3 is 5.32 Å². The molecule has 0 aromatic heterocycles. The van der Waals surface area contributed by atoms with Gasteiger partial charge in [-0.3, -0.25) is 9.69 Å². The van der Waals surface area contributed by atoms with Crippen LogP contribution in [0.25, 0.3) is 0 Å². The molecule has 2 aliphatic rings. The van der Waals surface area contributed by atoms with Gasteiger partial charge in [-0.15, -0.1) is 0 Å². The summed E-state index contributed by atoms with van der Waals surface area (Å²) in [7, 11) is 0. The number of thiocarbonyl (C=S) groups is 1. The van der Waals surface area contributed by atoms with Gasteiger partial charge in [0.15, 0.2) is 5.11 Å². The summed E-state index contributed by atoms with van der Waals surface area (Å²) in [5.74, 6) is 1.67. The molecule has 1 saturated carbocycles. The second-order valence-corrected chi connectivity index (χ2v) is 7.06. The lowest BCUT2D eigenvalue weighted by Gasteiger charge is -2.27. The summed E-state index contributed by atoms with van der Waals surface area (Å²) in [5.41, 5.74) is 1.20. The van der Waals surface area contributed by atoms with E-state index in [1.165, 1.54) is 18.4 Å². The lowest BCUT2D eigenvalue weighted by Crippen LogP contribution is -2.36. The van der Waals surface area contributed by atoms with Crippen molar-refractivity contribution in [3.05, 3.63) is 35.9 Å². The number of nitrogens with zero attached hydrogens (tertiary/aromatic N) is 1.